The van der Waals surface area contributed by atoms with E-state index in [4.69, 9.17) is 0 Å². The lowest BCUT2D eigenvalue weighted by Crippen LogP contribution is -2.04. The molecule has 3 aromatic heterocycles. The molecule has 0 aliphatic rings. The molecule has 5 nitrogen and oxygen atoms in total. The van der Waals surface area contributed by atoms with Gasteiger partial charge in [-0.15, -0.1) is 0 Å². The summed E-state index contributed by atoms with van der Waals surface area (Å²) in [6, 6.07) is 14.1. The van der Waals surface area contributed by atoms with E-state index in [9.17, 15) is 17.4 Å². The summed E-state index contributed by atoms with van der Waals surface area (Å²) >= 11 is 0. The van der Waals surface area contributed by atoms with Gasteiger partial charge in [0, 0.05) is 30.4 Å². The topological polar surface area (TPSA) is 52.2 Å². The molecule has 0 saturated heterocycles. The highest BCUT2D eigenvalue weighted by Gasteiger charge is 2.30. The first kappa shape index (κ1) is 19.5. The smallest absolute Gasteiger partial charge is 0.305 e. The first-order valence-electron chi connectivity index (χ1n) is 9.29. The molecule has 0 aliphatic carbocycles. The molecule has 0 bridgehead atoms. The van der Waals surface area contributed by atoms with Gasteiger partial charge in [-0.2, -0.15) is 13.2 Å². The van der Waals surface area contributed by atoms with Gasteiger partial charge in [-0.25, -0.2) is 9.97 Å². The van der Waals surface area contributed by atoms with Crippen LogP contribution >= 0.6 is 0 Å². The largest absolute Gasteiger partial charge is 0.416 e. The number of aromatic nitrogens is 4. The maximum Gasteiger partial charge on any atom is 0.416 e. The monoisotopic (exact) mass is 440 g/mol. The number of rotatable bonds is 3. The summed E-state index contributed by atoms with van der Waals surface area (Å²) in [5.41, 5.74) is 2.63. The Morgan fingerprint density at radius 2 is 1.81 bits per heavy atom. The Balaban J connectivity index is 1.82. The van der Waals surface area contributed by atoms with Gasteiger partial charge >= 0.3 is 6.18 Å². The molecule has 1 atom stereocenters. The van der Waals surface area contributed by atoms with Crippen LogP contribution in [0.15, 0.2) is 78.3 Å². The number of pyridine rings is 1. The minimum Gasteiger partial charge on any atom is -0.305 e. The summed E-state index contributed by atoms with van der Waals surface area (Å²) in [5.74, 6) is 0. The first-order chi connectivity index (χ1) is 14.8. The third-order valence-electron chi connectivity index (χ3n) is 5.05. The van der Waals surface area contributed by atoms with Gasteiger partial charge in [-0.05, 0) is 35.9 Å². The molecule has 9 heteroatoms. The lowest BCUT2D eigenvalue weighted by Gasteiger charge is -2.10. The summed E-state index contributed by atoms with van der Waals surface area (Å²) in [6.07, 6.45) is 2.38. The molecular weight excluding hydrogens is 425 g/mol. The lowest BCUT2D eigenvalue weighted by molar-refractivity contribution is -0.137. The molecule has 0 fully saturated rings. The van der Waals surface area contributed by atoms with Gasteiger partial charge in [-0.3, -0.25) is 8.78 Å². The van der Waals surface area contributed by atoms with E-state index in [1.165, 1.54) is 12.3 Å². The quantitative estimate of drug-likeness (QED) is 0.392. The van der Waals surface area contributed by atoms with Crippen molar-refractivity contribution in [3.05, 3.63) is 78.8 Å². The fraction of sp³-hybridized carbons (Fsp3) is 0.0909. The van der Waals surface area contributed by atoms with E-state index in [2.05, 4.69) is 9.97 Å². The van der Waals surface area contributed by atoms with Gasteiger partial charge in [0.05, 0.1) is 33.1 Å². The van der Waals surface area contributed by atoms with E-state index in [1.807, 2.05) is 28.8 Å². The van der Waals surface area contributed by atoms with Gasteiger partial charge < -0.3 is 4.40 Å². The number of hydrogen-bond acceptors (Lipinski definition) is 3. The molecule has 0 radical (unpaired) electrons. The van der Waals surface area contributed by atoms with Crippen LogP contribution in [-0.4, -0.2) is 29.4 Å². The summed E-state index contributed by atoms with van der Waals surface area (Å²) in [5, 5.41) is 0.297. The Bertz CT molecular complexity index is 1470. The van der Waals surface area contributed by atoms with E-state index in [-0.39, 0.29) is 0 Å². The van der Waals surface area contributed by atoms with Crippen molar-refractivity contribution in [2.75, 3.05) is 6.26 Å². The van der Waals surface area contributed by atoms with E-state index in [0.29, 0.717) is 38.7 Å². The summed E-state index contributed by atoms with van der Waals surface area (Å²) < 4.78 is 55.9. The average molecular weight is 440 g/mol. The lowest BCUT2D eigenvalue weighted by atomic mass is 10.0. The van der Waals surface area contributed by atoms with Crippen molar-refractivity contribution >= 4 is 27.5 Å². The number of hydrogen-bond donors (Lipinski definition) is 0. The molecule has 0 aliphatic heterocycles. The molecule has 0 spiro atoms. The number of imidazole rings is 2. The minimum atomic E-state index is -4.45. The number of nitrogens with zero attached hydrogens (tertiary/aromatic N) is 4. The Morgan fingerprint density at radius 1 is 1.00 bits per heavy atom. The Labute approximate surface area is 177 Å². The number of alkyl halides is 3. The molecule has 0 saturated carbocycles. The van der Waals surface area contributed by atoms with E-state index in [0.717, 1.165) is 12.1 Å². The van der Waals surface area contributed by atoms with Crippen molar-refractivity contribution in [1.82, 2.24) is 18.9 Å². The van der Waals surface area contributed by atoms with Crippen LogP contribution in [0.25, 0.3) is 33.5 Å². The van der Waals surface area contributed by atoms with Crippen LogP contribution in [-0.2, 0) is 17.0 Å². The van der Waals surface area contributed by atoms with Crippen molar-refractivity contribution < 1.29 is 17.4 Å². The van der Waals surface area contributed by atoms with E-state index < -0.39 is 22.5 Å². The third kappa shape index (κ3) is 3.21. The zero-order valence-corrected chi connectivity index (χ0v) is 17.0. The van der Waals surface area contributed by atoms with Crippen molar-refractivity contribution in [1.29, 1.82) is 0 Å². The predicted molar refractivity (Wildman–Crippen MR) is 113 cm³/mol. The summed E-state index contributed by atoms with van der Waals surface area (Å²) in [7, 11) is -1.45. The summed E-state index contributed by atoms with van der Waals surface area (Å²) in [6.45, 7) is 0. The standard InChI is InChI=1S/C22H15F3N4OS/c1-31(30)21-27-19-16(14-5-2-6-15(13-14)22(23,24)25)7-3-8-17(19)29(21)18-9-4-11-28-12-10-26-20(18)28/h2-13H,1H3. The van der Waals surface area contributed by atoms with Crippen LogP contribution in [0.4, 0.5) is 13.2 Å². The fourth-order valence-electron chi connectivity index (χ4n) is 3.71. The molecule has 31 heavy (non-hydrogen) atoms. The Hall–Kier alpha value is -3.46. The maximum absolute atomic E-state index is 13.2. The van der Waals surface area contributed by atoms with Crippen molar-refractivity contribution in [2.24, 2.45) is 0 Å². The Morgan fingerprint density at radius 3 is 2.58 bits per heavy atom. The van der Waals surface area contributed by atoms with E-state index >= 15 is 0 Å². The van der Waals surface area contributed by atoms with Crippen molar-refractivity contribution in [2.45, 2.75) is 11.3 Å². The zero-order chi connectivity index (χ0) is 21.8. The van der Waals surface area contributed by atoms with Crippen LogP contribution < -0.4 is 0 Å². The number of benzene rings is 2. The minimum absolute atomic E-state index is 0.297. The molecule has 5 rings (SSSR count). The van der Waals surface area contributed by atoms with Crippen LogP contribution in [0.2, 0.25) is 0 Å². The molecule has 5 aromatic rings. The highest BCUT2D eigenvalue weighted by atomic mass is 32.2. The average Bonchev–Trinajstić information content (AvgIpc) is 3.37. The highest BCUT2D eigenvalue weighted by Crippen LogP contribution is 2.36. The van der Waals surface area contributed by atoms with Crippen LogP contribution in [0.1, 0.15) is 5.56 Å². The second kappa shape index (κ2) is 7.05. The molecule has 0 amide bonds. The highest BCUT2D eigenvalue weighted by molar-refractivity contribution is 7.84. The third-order valence-corrected chi connectivity index (χ3v) is 5.84. The fourth-order valence-corrected chi connectivity index (χ4v) is 4.38. The summed E-state index contributed by atoms with van der Waals surface area (Å²) in [4.78, 5) is 8.98. The molecular formula is C22H15F3N4OS. The zero-order valence-electron chi connectivity index (χ0n) is 16.2. The molecule has 0 N–H and O–H groups in total. The van der Waals surface area contributed by atoms with Crippen LogP contribution in [0, 0.1) is 0 Å². The van der Waals surface area contributed by atoms with Crippen molar-refractivity contribution in [3.8, 4) is 16.8 Å². The Kier molecular flexibility index (Phi) is 4.44. The maximum atomic E-state index is 13.2. The molecule has 2 aromatic carbocycles. The first-order valence-corrected chi connectivity index (χ1v) is 10.8. The molecule has 1 unspecified atom stereocenters. The second-order valence-corrected chi connectivity index (χ2v) is 8.26. The van der Waals surface area contributed by atoms with Gasteiger partial charge in [0.1, 0.15) is 0 Å². The molecule has 156 valence electrons. The number of halogens is 3. The SMILES string of the molecule is CS(=O)c1nc2c(-c3cccc(C(F)(F)F)c3)cccc2n1-c1cccn2ccnc12. The van der Waals surface area contributed by atoms with Crippen molar-refractivity contribution in [3.63, 3.8) is 0 Å². The van der Waals surface area contributed by atoms with E-state index in [1.54, 1.807) is 35.2 Å². The number of fused-ring (bicyclic) bond motifs is 2. The van der Waals surface area contributed by atoms with Gasteiger partial charge in [0.25, 0.3) is 0 Å². The van der Waals surface area contributed by atoms with Gasteiger partial charge in [-0.1, -0.05) is 24.3 Å². The van der Waals surface area contributed by atoms with Gasteiger partial charge in [0.15, 0.2) is 5.65 Å². The second-order valence-electron chi connectivity index (χ2n) is 6.99. The molecule has 3 heterocycles. The normalized spacial score (nSPS) is 13.2. The van der Waals surface area contributed by atoms with Gasteiger partial charge in [0.2, 0.25) is 5.16 Å². The van der Waals surface area contributed by atoms with Crippen LogP contribution in [0.3, 0.4) is 0 Å². The van der Waals surface area contributed by atoms with Crippen LogP contribution in [0.5, 0.6) is 0 Å². The predicted octanol–water partition coefficient (Wildman–Crippen LogP) is 5.10. The number of para-hydroxylation sites is 1.